The smallest absolute Gasteiger partial charge is 0.238 e. The summed E-state index contributed by atoms with van der Waals surface area (Å²) in [7, 11) is 0. The highest BCUT2D eigenvalue weighted by atomic mass is 32.2. The largest absolute Gasteiger partial charge is 0.369 e. The maximum absolute atomic E-state index is 13.1. The number of thioether (sulfide) groups is 1. The highest BCUT2D eigenvalue weighted by molar-refractivity contribution is 8.01. The van der Waals surface area contributed by atoms with Crippen LogP contribution in [0.15, 0.2) is 64.9 Å². The molecule has 2 aromatic carbocycles. The third kappa shape index (κ3) is 4.96. The topological polar surface area (TPSA) is 85.1 Å². The molecule has 0 fully saturated rings. The third-order valence-electron chi connectivity index (χ3n) is 3.86. The fourth-order valence-corrected chi connectivity index (χ4v) is 4.55. The van der Waals surface area contributed by atoms with Crippen molar-refractivity contribution in [3.8, 4) is 0 Å². The number of nitrogens with two attached hydrogens (primary N) is 1. The van der Waals surface area contributed by atoms with E-state index in [2.05, 4.69) is 10.3 Å². The van der Waals surface area contributed by atoms with Crippen LogP contribution in [0.25, 0.3) is 0 Å². The van der Waals surface area contributed by atoms with E-state index in [1.54, 1.807) is 0 Å². The van der Waals surface area contributed by atoms with Gasteiger partial charge in [-0.1, -0.05) is 72.0 Å². The van der Waals surface area contributed by atoms with Crippen molar-refractivity contribution in [2.24, 2.45) is 5.73 Å². The van der Waals surface area contributed by atoms with E-state index >= 15 is 0 Å². The van der Waals surface area contributed by atoms with E-state index in [0.717, 1.165) is 21.0 Å². The third-order valence-corrected chi connectivity index (χ3v) is 6.32. The summed E-state index contributed by atoms with van der Waals surface area (Å²) in [6, 6.07) is 19.3. The number of nitrogens with zero attached hydrogens (tertiary/aromatic N) is 1. The number of aromatic nitrogens is 1. The minimum absolute atomic E-state index is 0.146. The highest BCUT2D eigenvalue weighted by Gasteiger charge is 2.24. The van der Waals surface area contributed by atoms with Gasteiger partial charge in [0, 0.05) is 0 Å². The molecule has 0 saturated heterocycles. The van der Waals surface area contributed by atoms with Crippen molar-refractivity contribution >= 4 is 40.0 Å². The van der Waals surface area contributed by atoms with Gasteiger partial charge in [-0.15, -0.1) is 11.8 Å². The molecular weight excluding hydrogens is 378 g/mol. The molecule has 0 aliphatic heterocycles. The Morgan fingerprint density at radius 2 is 1.63 bits per heavy atom. The van der Waals surface area contributed by atoms with E-state index in [9.17, 15) is 9.59 Å². The summed E-state index contributed by atoms with van der Waals surface area (Å²) < 4.78 is 0.875. The standard InChI is InChI=1S/C20H19N3O2S2/c1-13-19(26-12-16(21)24)27-20(22-13)23-18(25)17(14-8-4-2-5-9-14)15-10-6-3-7-11-15/h2-11,17H,12H2,1H3,(H2,21,24)(H,22,23,25). The second-order valence-corrected chi connectivity index (χ2v) is 8.13. The lowest BCUT2D eigenvalue weighted by Gasteiger charge is -2.17. The predicted octanol–water partition coefficient (Wildman–Crippen LogP) is 3.80. The number of hydrogen-bond acceptors (Lipinski definition) is 5. The minimum Gasteiger partial charge on any atom is -0.369 e. The highest BCUT2D eigenvalue weighted by Crippen LogP contribution is 2.33. The number of benzene rings is 2. The molecule has 0 radical (unpaired) electrons. The average Bonchev–Trinajstić information content (AvgIpc) is 3.01. The molecule has 0 atom stereocenters. The van der Waals surface area contributed by atoms with Crippen LogP contribution in [0, 0.1) is 6.92 Å². The molecule has 3 N–H and O–H groups in total. The Bertz CT molecular complexity index is 887. The molecule has 0 unspecified atom stereocenters. The van der Waals surface area contributed by atoms with Crippen LogP contribution in [-0.2, 0) is 9.59 Å². The Labute approximate surface area is 166 Å². The van der Waals surface area contributed by atoms with Crippen LogP contribution >= 0.6 is 23.1 Å². The molecule has 0 bridgehead atoms. The van der Waals surface area contributed by atoms with Gasteiger partial charge in [0.05, 0.1) is 21.6 Å². The number of thiazole rings is 1. The molecule has 2 amide bonds. The fraction of sp³-hybridized carbons (Fsp3) is 0.150. The summed E-state index contributed by atoms with van der Waals surface area (Å²) in [6.07, 6.45) is 0. The van der Waals surface area contributed by atoms with Crippen molar-refractivity contribution in [2.45, 2.75) is 17.1 Å². The van der Waals surface area contributed by atoms with Crippen molar-refractivity contribution in [3.05, 3.63) is 77.5 Å². The van der Waals surface area contributed by atoms with Crippen molar-refractivity contribution in [2.75, 3.05) is 11.1 Å². The van der Waals surface area contributed by atoms with Crippen LogP contribution < -0.4 is 11.1 Å². The van der Waals surface area contributed by atoms with E-state index in [-0.39, 0.29) is 17.6 Å². The number of nitrogens with one attached hydrogen (secondary N) is 1. The molecule has 3 rings (SSSR count). The number of rotatable bonds is 7. The van der Waals surface area contributed by atoms with E-state index in [0.29, 0.717) is 5.13 Å². The second kappa shape index (κ2) is 8.83. The zero-order valence-corrected chi connectivity index (χ0v) is 16.3. The monoisotopic (exact) mass is 397 g/mol. The van der Waals surface area contributed by atoms with Crippen molar-refractivity contribution < 1.29 is 9.59 Å². The van der Waals surface area contributed by atoms with Gasteiger partial charge in [-0.2, -0.15) is 0 Å². The van der Waals surface area contributed by atoms with E-state index < -0.39 is 5.92 Å². The van der Waals surface area contributed by atoms with Gasteiger partial charge < -0.3 is 11.1 Å². The maximum Gasteiger partial charge on any atom is 0.238 e. The van der Waals surface area contributed by atoms with Crippen LogP contribution in [0.4, 0.5) is 5.13 Å². The molecule has 1 aromatic heterocycles. The number of carbonyl (C=O) groups is 2. The lowest BCUT2D eigenvalue weighted by molar-refractivity contribution is -0.117. The Balaban J connectivity index is 1.83. The van der Waals surface area contributed by atoms with Crippen LogP contribution in [-0.4, -0.2) is 22.6 Å². The first-order valence-electron chi connectivity index (χ1n) is 8.34. The molecule has 0 aliphatic carbocycles. The summed E-state index contributed by atoms with van der Waals surface area (Å²) in [5, 5.41) is 3.44. The SMILES string of the molecule is Cc1nc(NC(=O)C(c2ccccc2)c2ccccc2)sc1SCC(N)=O. The Kier molecular flexibility index (Phi) is 6.26. The molecule has 1 heterocycles. The van der Waals surface area contributed by atoms with Gasteiger partial charge in [-0.05, 0) is 18.1 Å². The molecular formula is C20H19N3O2S2. The number of aryl methyl sites for hydroxylation is 1. The number of primary amides is 1. The lowest BCUT2D eigenvalue weighted by Crippen LogP contribution is -2.22. The summed E-state index contributed by atoms with van der Waals surface area (Å²) in [5.74, 6) is -0.773. The minimum atomic E-state index is -0.432. The Morgan fingerprint density at radius 1 is 1.07 bits per heavy atom. The van der Waals surface area contributed by atoms with Crippen LogP contribution in [0.5, 0.6) is 0 Å². The summed E-state index contributed by atoms with van der Waals surface area (Å²) >= 11 is 2.68. The van der Waals surface area contributed by atoms with Gasteiger partial charge in [-0.25, -0.2) is 4.98 Å². The first kappa shape index (κ1) is 19.1. The quantitative estimate of drug-likeness (QED) is 0.594. The number of anilines is 1. The van der Waals surface area contributed by atoms with Gasteiger partial charge in [-0.3, -0.25) is 9.59 Å². The first-order chi connectivity index (χ1) is 13.0. The number of amides is 2. The fourth-order valence-electron chi connectivity index (χ4n) is 2.67. The molecule has 27 heavy (non-hydrogen) atoms. The van der Waals surface area contributed by atoms with Gasteiger partial charge in [0.2, 0.25) is 11.8 Å². The zero-order valence-electron chi connectivity index (χ0n) is 14.7. The van der Waals surface area contributed by atoms with Crippen molar-refractivity contribution in [3.63, 3.8) is 0 Å². The molecule has 138 valence electrons. The predicted molar refractivity (Wildman–Crippen MR) is 110 cm³/mol. The van der Waals surface area contributed by atoms with Gasteiger partial charge in [0.15, 0.2) is 5.13 Å². The van der Waals surface area contributed by atoms with Gasteiger partial charge in [0.25, 0.3) is 0 Å². The molecule has 3 aromatic rings. The van der Waals surface area contributed by atoms with E-state index in [4.69, 9.17) is 5.73 Å². The van der Waals surface area contributed by atoms with Crippen LogP contribution in [0.2, 0.25) is 0 Å². The normalized spacial score (nSPS) is 10.7. The first-order valence-corrected chi connectivity index (χ1v) is 10.1. The second-order valence-electron chi connectivity index (χ2n) is 5.89. The zero-order chi connectivity index (χ0) is 19.2. The van der Waals surface area contributed by atoms with E-state index in [1.165, 1.54) is 23.1 Å². The van der Waals surface area contributed by atoms with Gasteiger partial charge >= 0.3 is 0 Å². The Morgan fingerprint density at radius 3 is 2.15 bits per heavy atom. The summed E-state index contributed by atoms with van der Waals surface area (Å²) in [5.41, 5.74) is 7.81. The van der Waals surface area contributed by atoms with E-state index in [1.807, 2.05) is 67.6 Å². The van der Waals surface area contributed by atoms with Gasteiger partial charge in [0.1, 0.15) is 0 Å². The Hall–Kier alpha value is -2.64. The van der Waals surface area contributed by atoms with Crippen molar-refractivity contribution in [1.82, 2.24) is 4.98 Å². The summed E-state index contributed by atoms with van der Waals surface area (Å²) in [4.78, 5) is 28.5. The van der Waals surface area contributed by atoms with Crippen LogP contribution in [0.1, 0.15) is 22.7 Å². The molecule has 5 nitrogen and oxygen atoms in total. The molecule has 0 spiro atoms. The van der Waals surface area contributed by atoms with Crippen LogP contribution in [0.3, 0.4) is 0 Å². The van der Waals surface area contributed by atoms with Crippen molar-refractivity contribution in [1.29, 1.82) is 0 Å². The number of hydrogen-bond donors (Lipinski definition) is 2. The maximum atomic E-state index is 13.1. The lowest BCUT2D eigenvalue weighted by atomic mass is 9.90. The average molecular weight is 398 g/mol. The molecule has 7 heteroatoms. The number of carbonyl (C=O) groups excluding carboxylic acids is 2. The summed E-state index contributed by atoms with van der Waals surface area (Å²) in [6.45, 7) is 1.85. The molecule has 0 aliphatic rings. The molecule has 0 saturated carbocycles.